The summed E-state index contributed by atoms with van der Waals surface area (Å²) in [5, 5.41) is 0. The number of fused-ring (bicyclic) bond motifs is 1. The van der Waals surface area contributed by atoms with Crippen molar-refractivity contribution in [2.24, 2.45) is 0 Å². The molecule has 0 saturated heterocycles. The van der Waals surface area contributed by atoms with Crippen molar-refractivity contribution < 1.29 is 23.8 Å². The Bertz CT molecular complexity index is 650. The van der Waals surface area contributed by atoms with Gasteiger partial charge in [0.2, 0.25) is 11.9 Å². The maximum Gasteiger partial charge on any atom is 0.351 e. The summed E-state index contributed by atoms with van der Waals surface area (Å²) >= 11 is 0. The highest BCUT2D eigenvalue weighted by Crippen LogP contribution is 2.31. The summed E-state index contributed by atoms with van der Waals surface area (Å²) < 4.78 is 15.9. The molecular formula is C15H13NO5. The Kier molecular flexibility index (Phi) is 3.59. The molecule has 0 unspecified atom stereocenters. The number of ether oxygens (including phenoxy) is 3. The van der Waals surface area contributed by atoms with Gasteiger partial charge in [0.1, 0.15) is 6.61 Å². The Balaban J connectivity index is 1.56. The van der Waals surface area contributed by atoms with Gasteiger partial charge in [-0.2, -0.15) is 0 Å². The minimum Gasteiger partial charge on any atom is -0.485 e. The Hall–Kier alpha value is -2.76. The number of aromatic amines is 1. The molecule has 0 amide bonds. The third kappa shape index (κ3) is 2.89. The molecule has 0 fully saturated rings. The van der Waals surface area contributed by atoms with Crippen molar-refractivity contribution in [3.05, 3.63) is 48.3 Å². The van der Waals surface area contributed by atoms with Gasteiger partial charge in [-0.05, 0) is 24.3 Å². The molecule has 6 nitrogen and oxygen atoms in total. The summed E-state index contributed by atoms with van der Waals surface area (Å²) in [6, 6.07) is 10.4. The van der Waals surface area contributed by atoms with E-state index in [0.29, 0.717) is 17.2 Å². The maximum absolute atomic E-state index is 11.9. The number of rotatable bonds is 4. The van der Waals surface area contributed by atoms with Gasteiger partial charge in [-0.15, -0.1) is 0 Å². The fourth-order valence-corrected chi connectivity index (χ4v) is 1.95. The predicted octanol–water partition coefficient (Wildman–Crippen LogP) is 1.58. The smallest absolute Gasteiger partial charge is 0.351 e. The highest BCUT2D eigenvalue weighted by Gasteiger charge is 2.29. The topological polar surface area (TPSA) is 77.6 Å². The monoisotopic (exact) mass is 287 g/mol. The van der Waals surface area contributed by atoms with E-state index in [9.17, 15) is 9.59 Å². The number of nitrogens with one attached hydrogen (secondary N) is 1. The van der Waals surface area contributed by atoms with Gasteiger partial charge in [0.15, 0.2) is 18.1 Å². The van der Waals surface area contributed by atoms with Crippen molar-refractivity contribution in [1.29, 1.82) is 0 Å². The summed E-state index contributed by atoms with van der Waals surface area (Å²) in [6.45, 7) is -0.270. The van der Waals surface area contributed by atoms with Crippen molar-refractivity contribution in [1.82, 2.24) is 4.98 Å². The van der Waals surface area contributed by atoms with E-state index >= 15 is 0 Å². The molecule has 108 valence electrons. The Labute approximate surface area is 120 Å². The van der Waals surface area contributed by atoms with Crippen LogP contribution in [0.3, 0.4) is 0 Å². The van der Waals surface area contributed by atoms with E-state index in [1.54, 1.807) is 36.5 Å². The second-order valence-electron chi connectivity index (χ2n) is 4.48. The van der Waals surface area contributed by atoms with E-state index < -0.39 is 12.1 Å². The molecular weight excluding hydrogens is 274 g/mol. The number of para-hydroxylation sites is 2. The van der Waals surface area contributed by atoms with Crippen molar-refractivity contribution in [2.45, 2.75) is 6.10 Å². The molecule has 0 saturated carbocycles. The van der Waals surface area contributed by atoms with Crippen molar-refractivity contribution >= 4 is 11.8 Å². The number of hydrogen-bond donors (Lipinski definition) is 1. The van der Waals surface area contributed by atoms with Crippen LogP contribution in [-0.2, 0) is 9.53 Å². The minimum atomic E-state index is -0.864. The molecule has 1 aromatic heterocycles. The molecule has 0 radical (unpaired) electrons. The first-order chi connectivity index (χ1) is 10.2. The molecule has 6 heteroatoms. The molecule has 2 heterocycles. The standard InChI is InChI=1S/C15H13NO5/c17-11(10-4-3-7-16-10)8-20-15(18)14-9-19-12-5-1-2-6-13(12)21-14/h1-7,14,16H,8-9H2/t14-/m1/s1. The molecule has 1 N–H and O–H groups in total. The fraction of sp³-hybridized carbons (Fsp3) is 0.200. The van der Waals surface area contributed by atoms with Crippen molar-refractivity contribution in [3.63, 3.8) is 0 Å². The van der Waals surface area contributed by atoms with Crippen LogP contribution in [0.2, 0.25) is 0 Å². The fourth-order valence-electron chi connectivity index (χ4n) is 1.95. The van der Waals surface area contributed by atoms with E-state index in [4.69, 9.17) is 14.2 Å². The Morgan fingerprint density at radius 1 is 1.19 bits per heavy atom. The van der Waals surface area contributed by atoms with E-state index in [2.05, 4.69) is 4.98 Å². The summed E-state index contributed by atoms with van der Waals surface area (Å²) in [5.74, 6) is 0.153. The Morgan fingerprint density at radius 2 is 2.00 bits per heavy atom. The SMILES string of the molecule is O=C(COC(=O)[C@H]1COc2ccccc2O1)c1ccc[nH]1. The average Bonchev–Trinajstić information content (AvgIpc) is 3.06. The molecule has 21 heavy (non-hydrogen) atoms. The molecule has 3 rings (SSSR count). The molecule has 1 aliphatic heterocycles. The highest BCUT2D eigenvalue weighted by atomic mass is 16.6. The lowest BCUT2D eigenvalue weighted by Crippen LogP contribution is -2.38. The van der Waals surface area contributed by atoms with Crippen LogP contribution >= 0.6 is 0 Å². The molecule has 1 aliphatic rings. The first-order valence-corrected chi connectivity index (χ1v) is 6.46. The van der Waals surface area contributed by atoms with Gasteiger partial charge in [-0.1, -0.05) is 12.1 Å². The summed E-state index contributed by atoms with van der Waals surface area (Å²) in [4.78, 5) is 26.4. The van der Waals surface area contributed by atoms with Crippen LogP contribution in [0.5, 0.6) is 11.5 Å². The largest absolute Gasteiger partial charge is 0.485 e. The zero-order valence-corrected chi connectivity index (χ0v) is 11.1. The van der Waals surface area contributed by atoms with Gasteiger partial charge in [-0.25, -0.2) is 4.79 Å². The van der Waals surface area contributed by atoms with Gasteiger partial charge < -0.3 is 19.2 Å². The molecule has 1 atom stereocenters. The van der Waals surface area contributed by atoms with Gasteiger partial charge in [0.25, 0.3) is 0 Å². The van der Waals surface area contributed by atoms with Gasteiger partial charge in [0, 0.05) is 6.20 Å². The van der Waals surface area contributed by atoms with Crippen molar-refractivity contribution in [3.8, 4) is 11.5 Å². The van der Waals surface area contributed by atoms with E-state index in [0.717, 1.165) is 0 Å². The molecule has 0 spiro atoms. The van der Waals surface area contributed by atoms with Crippen LogP contribution in [0.4, 0.5) is 0 Å². The number of H-pyrrole nitrogens is 1. The lowest BCUT2D eigenvalue weighted by Gasteiger charge is -2.24. The zero-order chi connectivity index (χ0) is 14.7. The molecule has 2 aromatic rings. The highest BCUT2D eigenvalue weighted by molar-refractivity contribution is 5.96. The van der Waals surface area contributed by atoms with E-state index in [1.165, 1.54) is 0 Å². The second-order valence-corrected chi connectivity index (χ2v) is 4.48. The maximum atomic E-state index is 11.9. The minimum absolute atomic E-state index is 0.0620. The predicted molar refractivity (Wildman–Crippen MR) is 72.4 cm³/mol. The quantitative estimate of drug-likeness (QED) is 0.682. The van der Waals surface area contributed by atoms with E-state index in [1.807, 2.05) is 6.07 Å². The number of carbonyl (C=O) groups is 2. The second kappa shape index (κ2) is 5.70. The molecule has 1 aromatic carbocycles. The number of Topliss-reactive ketones (excluding diaryl/α,β-unsaturated/α-hetero) is 1. The van der Waals surface area contributed by atoms with Crippen molar-refractivity contribution in [2.75, 3.05) is 13.2 Å². The Morgan fingerprint density at radius 3 is 2.76 bits per heavy atom. The van der Waals surface area contributed by atoms with Gasteiger partial charge >= 0.3 is 5.97 Å². The van der Waals surface area contributed by atoms with Gasteiger partial charge in [0.05, 0.1) is 5.69 Å². The summed E-state index contributed by atoms with van der Waals surface area (Å²) in [5.41, 5.74) is 0.397. The first-order valence-electron chi connectivity index (χ1n) is 6.46. The number of aromatic nitrogens is 1. The third-order valence-corrected chi connectivity index (χ3v) is 3.02. The molecule has 0 aliphatic carbocycles. The third-order valence-electron chi connectivity index (χ3n) is 3.02. The van der Waals surface area contributed by atoms with Crippen LogP contribution < -0.4 is 9.47 Å². The summed E-state index contributed by atoms with van der Waals surface area (Å²) in [6.07, 6.45) is 0.765. The number of carbonyl (C=O) groups excluding carboxylic acids is 2. The first kappa shape index (κ1) is 13.2. The van der Waals surface area contributed by atoms with Gasteiger partial charge in [-0.3, -0.25) is 4.79 Å². The lowest BCUT2D eigenvalue weighted by molar-refractivity contribution is -0.153. The van der Waals surface area contributed by atoms with Crippen LogP contribution in [-0.4, -0.2) is 36.1 Å². The normalized spacial score (nSPS) is 16.3. The lowest BCUT2D eigenvalue weighted by atomic mass is 10.2. The van der Waals surface area contributed by atoms with Crippen LogP contribution in [0, 0.1) is 0 Å². The number of benzene rings is 1. The zero-order valence-electron chi connectivity index (χ0n) is 11.1. The van der Waals surface area contributed by atoms with E-state index in [-0.39, 0.29) is 19.0 Å². The molecule has 0 bridgehead atoms. The van der Waals surface area contributed by atoms with Crippen LogP contribution in [0.25, 0.3) is 0 Å². The number of esters is 1. The van der Waals surface area contributed by atoms with Crippen LogP contribution in [0.1, 0.15) is 10.5 Å². The summed E-state index contributed by atoms with van der Waals surface area (Å²) in [7, 11) is 0. The number of ketones is 1. The average molecular weight is 287 g/mol. The number of hydrogen-bond acceptors (Lipinski definition) is 5. The van der Waals surface area contributed by atoms with Crippen LogP contribution in [0.15, 0.2) is 42.6 Å².